The number of aryl methyl sites for hydroxylation is 2. The molecule has 0 N–H and O–H groups in total. The minimum atomic E-state index is 0.716. The zero-order chi connectivity index (χ0) is 11.2. The molecular formula is C9H12N4S2. The molecule has 0 atom stereocenters. The van der Waals surface area contributed by atoms with E-state index in [1.54, 1.807) is 6.33 Å². The zero-order valence-electron chi connectivity index (χ0n) is 8.89. The summed E-state index contributed by atoms with van der Waals surface area (Å²) in [5, 5.41) is 0. The van der Waals surface area contributed by atoms with Crippen LogP contribution in [-0.4, -0.2) is 18.7 Å². The first-order valence-electron chi connectivity index (χ1n) is 4.68. The van der Waals surface area contributed by atoms with Crippen LogP contribution in [-0.2, 0) is 20.6 Å². The summed E-state index contributed by atoms with van der Waals surface area (Å²) < 4.78 is 7.24. The van der Waals surface area contributed by atoms with Gasteiger partial charge in [-0.15, -0.1) is 0 Å². The Balaban J connectivity index is 3.13. The Labute approximate surface area is 97.8 Å². The quantitative estimate of drug-likeness (QED) is 0.715. The molecule has 0 aliphatic heterocycles. The molecule has 0 aromatic carbocycles. The van der Waals surface area contributed by atoms with Crippen LogP contribution in [0.3, 0.4) is 0 Å². The Morgan fingerprint density at radius 1 is 1.33 bits per heavy atom. The predicted octanol–water partition coefficient (Wildman–Crippen LogP) is 2.19. The fourth-order valence-electron chi connectivity index (χ4n) is 1.68. The van der Waals surface area contributed by atoms with Crippen LogP contribution in [0.15, 0.2) is 6.33 Å². The highest BCUT2D eigenvalue weighted by atomic mass is 32.1. The molecule has 15 heavy (non-hydrogen) atoms. The van der Waals surface area contributed by atoms with Crippen LogP contribution in [0.25, 0.3) is 11.2 Å². The van der Waals surface area contributed by atoms with E-state index in [0.29, 0.717) is 4.77 Å². The van der Waals surface area contributed by atoms with Crippen molar-refractivity contribution in [1.82, 2.24) is 18.7 Å². The number of fused-ring (bicyclic) bond motifs is 1. The summed E-state index contributed by atoms with van der Waals surface area (Å²) in [6.45, 7) is 2.82. The number of hydrogen-bond acceptors (Lipinski definition) is 3. The largest absolute Gasteiger partial charge is 0.330 e. The highest BCUT2D eigenvalue weighted by molar-refractivity contribution is 7.72. The number of rotatable bonds is 1. The first kappa shape index (κ1) is 10.5. The molecule has 2 aromatic rings. The molecule has 0 fully saturated rings. The van der Waals surface area contributed by atoms with Crippen molar-refractivity contribution in [3.05, 3.63) is 15.7 Å². The molecule has 0 radical (unpaired) electrons. The van der Waals surface area contributed by atoms with Gasteiger partial charge in [0.1, 0.15) is 10.2 Å². The SMILES string of the molecule is CCn1c(=S)c2c(ncn2C)n(C)c1=S. The average Bonchev–Trinajstić information content (AvgIpc) is 2.58. The van der Waals surface area contributed by atoms with Gasteiger partial charge in [-0.1, -0.05) is 12.2 Å². The van der Waals surface area contributed by atoms with Gasteiger partial charge in [0.05, 0.1) is 6.33 Å². The van der Waals surface area contributed by atoms with Crippen LogP contribution in [0, 0.1) is 9.41 Å². The Hall–Kier alpha value is -1.01. The maximum absolute atomic E-state index is 5.40. The highest BCUT2D eigenvalue weighted by Crippen LogP contribution is 2.14. The van der Waals surface area contributed by atoms with Gasteiger partial charge in [0, 0.05) is 20.6 Å². The second-order valence-corrected chi connectivity index (χ2v) is 4.17. The number of imidazole rings is 1. The van der Waals surface area contributed by atoms with Crippen molar-refractivity contribution < 1.29 is 0 Å². The Kier molecular flexibility index (Phi) is 2.47. The Morgan fingerprint density at radius 2 is 2.00 bits per heavy atom. The van der Waals surface area contributed by atoms with E-state index in [1.807, 2.05) is 34.7 Å². The monoisotopic (exact) mass is 240 g/mol. The smallest absolute Gasteiger partial charge is 0.182 e. The van der Waals surface area contributed by atoms with Gasteiger partial charge in [0.2, 0.25) is 0 Å². The van der Waals surface area contributed by atoms with Crippen molar-refractivity contribution in [3.63, 3.8) is 0 Å². The third-order valence-corrected chi connectivity index (χ3v) is 3.43. The van der Waals surface area contributed by atoms with Gasteiger partial charge in [-0.3, -0.25) is 0 Å². The van der Waals surface area contributed by atoms with Crippen LogP contribution in [0.2, 0.25) is 0 Å². The van der Waals surface area contributed by atoms with E-state index in [4.69, 9.17) is 24.4 Å². The fourth-order valence-corrected chi connectivity index (χ4v) is 2.49. The van der Waals surface area contributed by atoms with Crippen molar-refractivity contribution in [2.24, 2.45) is 14.1 Å². The lowest BCUT2D eigenvalue weighted by Gasteiger charge is -2.09. The summed E-state index contributed by atoms with van der Waals surface area (Å²) in [6.07, 6.45) is 1.76. The molecule has 80 valence electrons. The zero-order valence-corrected chi connectivity index (χ0v) is 10.5. The van der Waals surface area contributed by atoms with Gasteiger partial charge in [-0.2, -0.15) is 0 Å². The molecule has 0 bridgehead atoms. The lowest BCUT2D eigenvalue weighted by molar-refractivity contribution is 0.673. The molecule has 0 aliphatic carbocycles. The molecule has 0 spiro atoms. The summed E-state index contributed by atoms with van der Waals surface area (Å²) in [5.74, 6) is 0. The highest BCUT2D eigenvalue weighted by Gasteiger charge is 2.08. The Bertz CT molecular complexity index is 632. The van der Waals surface area contributed by atoms with Gasteiger partial charge in [0.25, 0.3) is 0 Å². The fraction of sp³-hybridized carbons (Fsp3) is 0.444. The van der Waals surface area contributed by atoms with Crippen molar-refractivity contribution in [1.29, 1.82) is 0 Å². The van der Waals surface area contributed by atoms with E-state index in [0.717, 1.165) is 22.3 Å². The molecule has 0 unspecified atom stereocenters. The van der Waals surface area contributed by atoms with Crippen LogP contribution >= 0.6 is 24.4 Å². The topological polar surface area (TPSA) is 27.7 Å². The number of nitrogens with zero attached hydrogens (tertiary/aromatic N) is 4. The first-order valence-corrected chi connectivity index (χ1v) is 5.50. The van der Waals surface area contributed by atoms with Crippen LogP contribution in [0.1, 0.15) is 6.92 Å². The van der Waals surface area contributed by atoms with E-state index in [9.17, 15) is 0 Å². The third-order valence-electron chi connectivity index (χ3n) is 2.52. The van der Waals surface area contributed by atoms with Crippen molar-refractivity contribution in [3.8, 4) is 0 Å². The van der Waals surface area contributed by atoms with Crippen LogP contribution in [0.4, 0.5) is 0 Å². The molecule has 0 aliphatic rings. The van der Waals surface area contributed by atoms with Gasteiger partial charge in [0.15, 0.2) is 10.4 Å². The molecule has 4 nitrogen and oxygen atoms in total. The third kappa shape index (κ3) is 1.36. The summed E-state index contributed by atoms with van der Waals surface area (Å²) in [7, 11) is 3.85. The second-order valence-electron chi connectivity index (χ2n) is 3.42. The molecule has 2 heterocycles. The Morgan fingerprint density at radius 3 is 2.60 bits per heavy atom. The van der Waals surface area contributed by atoms with Gasteiger partial charge in [-0.25, -0.2) is 4.98 Å². The molecular weight excluding hydrogens is 228 g/mol. The van der Waals surface area contributed by atoms with Crippen molar-refractivity contribution >= 4 is 35.6 Å². The summed E-state index contributed by atoms with van der Waals surface area (Å²) >= 11 is 10.7. The molecule has 2 rings (SSSR count). The van der Waals surface area contributed by atoms with Gasteiger partial charge >= 0.3 is 0 Å². The molecule has 0 saturated carbocycles. The number of hydrogen-bond donors (Lipinski definition) is 0. The van der Waals surface area contributed by atoms with E-state index in [-0.39, 0.29) is 0 Å². The van der Waals surface area contributed by atoms with Gasteiger partial charge in [-0.05, 0) is 19.1 Å². The van der Waals surface area contributed by atoms with Crippen molar-refractivity contribution in [2.45, 2.75) is 13.5 Å². The first-order chi connectivity index (χ1) is 7.07. The molecule has 0 saturated heterocycles. The maximum Gasteiger partial charge on any atom is 0.182 e. The number of aromatic nitrogens is 4. The summed E-state index contributed by atoms with van der Waals surface area (Å²) in [5.41, 5.74) is 1.81. The van der Waals surface area contributed by atoms with Crippen LogP contribution in [0.5, 0.6) is 0 Å². The predicted molar refractivity (Wildman–Crippen MR) is 65.0 cm³/mol. The molecule has 0 amide bonds. The van der Waals surface area contributed by atoms with E-state index in [1.165, 1.54) is 0 Å². The van der Waals surface area contributed by atoms with Crippen LogP contribution < -0.4 is 0 Å². The normalized spacial score (nSPS) is 11.1. The minimum absolute atomic E-state index is 0.716. The summed E-state index contributed by atoms with van der Waals surface area (Å²) in [6, 6.07) is 0. The minimum Gasteiger partial charge on any atom is -0.330 e. The molecule has 6 heteroatoms. The lowest BCUT2D eigenvalue weighted by Crippen LogP contribution is -2.09. The second kappa shape index (κ2) is 3.53. The molecule has 2 aromatic heterocycles. The van der Waals surface area contributed by atoms with E-state index >= 15 is 0 Å². The van der Waals surface area contributed by atoms with E-state index in [2.05, 4.69) is 4.98 Å². The summed E-state index contributed by atoms with van der Waals surface area (Å²) in [4.78, 5) is 4.29. The maximum atomic E-state index is 5.40. The standard InChI is InChI=1S/C9H12N4S2/c1-4-13-8(14)6-7(10-5-11(6)2)12(3)9(13)15/h5H,4H2,1-3H3. The average molecular weight is 240 g/mol. The lowest BCUT2D eigenvalue weighted by atomic mass is 10.5. The van der Waals surface area contributed by atoms with Gasteiger partial charge < -0.3 is 13.7 Å². The van der Waals surface area contributed by atoms with E-state index < -0.39 is 0 Å². The van der Waals surface area contributed by atoms with Crippen molar-refractivity contribution in [2.75, 3.05) is 0 Å².